The highest BCUT2D eigenvalue weighted by Crippen LogP contribution is 2.38. The number of rotatable bonds is 10. The van der Waals surface area contributed by atoms with E-state index in [1.165, 1.54) is 10.5 Å². The van der Waals surface area contributed by atoms with Gasteiger partial charge in [-0.15, -0.1) is 0 Å². The van der Waals surface area contributed by atoms with Gasteiger partial charge in [0.15, 0.2) is 0 Å². The molecular weight excluding hydrogens is 414 g/mol. The van der Waals surface area contributed by atoms with Crippen LogP contribution < -0.4 is 0 Å². The molecule has 6 nitrogen and oxygen atoms in total. The molecule has 0 aliphatic carbocycles. The highest BCUT2D eigenvalue weighted by atomic mass is 16.5. The van der Waals surface area contributed by atoms with E-state index in [0.717, 1.165) is 38.0 Å². The number of piperidine rings is 1. The third kappa shape index (κ3) is 5.28. The Morgan fingerprint density at radius 3 is 2.15 bits per heavy atom. The van der Waals surface area contributed by atoms with Crippen molar-refractivity contribution in [3.63, 3.8) is 0 Å². The molecule has 4 rings (SSSR count). The number of nitrogens with zero attached hydrogens (tertiary/aromatic N) is 3. The summed E-state index contributed by atoms with van der Waals surface area (Å²) in [7, 11) is 0. The number of imide groups is 1. The molecule has 2 saturated heterocycles. The third-order valence-corrected chi connectivity index (χ3v) is 6.89. The molecule has 3 amide bonds. The molecule has 0 radical (unpaired) electrons. The fourth-order valence-corrected chi connectivity index (χ4v) is 4.90. The van der Waals surface area contributed by atoms with Crippen LogP contribution >= 0.6 is 0 Å². The molecule has 33 heavy (non-hydrogen) atoms. The maximum absolute atomic E-state index is 13.6. The van der Waals surface area contributed by atoms with Crippen LogP contribution in [0.5, 0.6) is 0 Å². The fourth-order valence-electron chi connectivity index (χ4n) is 4.90. The van der Waals surface area contributed by atoms with Crippen molar-refractivity contribution in [3.05, 3.63) is 71.8 Å². The van der Waals surface area contributed by atoms with E-state index in [4.69, 9.17) is 4.74 Å². The van der Waals surface area contributed by atoms with Crippen molar-refractivity contribution >= 4 is 11.9 Å². The average Bonchev–Trinajstić information content (AvgIpc) is 3.04. The highest BCUT2D eigenvalue weighted by Gasteiger charge is 2.57. The Hall–Kier alpha value is -2.70. The van der Waals surface area contributed by atoms with Gasteiger partial charge in [0.2, 0.25) is 0 Å². The third-order valence-electron chi connectivity index (χ3n) is 6.89. The van der Waals surface area contributed by atoms with Gasteiger partial charge in [-0.2, -0.15) is 0 Å². The first kappa shape index (κ1) is 23.5. The molecule has 0 saturated carbocycles. The molecule has 6 heteroatoms. The topological polar surface area (TPSA) is 53.1 Å². The molecule has 0 aromatic heterocycles. The summed E-state index contributed by atoms with van der Waals surface area (Å²) in [4.78, 5) is 32.6. The summed E-state index contributed by atoms with van der Waals surface area (Å²) in [5.41, 5.74) is 1.47. The SMILES string of the molecule is CCCCN1C(=O)N(Cc2ccccc2)C(=O)C12CCN(CCOCc1ccccc1)CC2. The van der Waals surface area contributed by atoms with Gasteiger partial charge < -0.3 is 14.5 Å². The van der Waals surface area contributed by atoms with Gasteiger partial charge in [0, 0.05) is 26.2 Å². The normalized spacial score (nSPS) is 18.5. The molecule has 0 N–H and O–H groups in total. The van der Waals surface area contributed by atoms with Gasteiger partial charge in [0.25, 0.3) is 5.91 Å². The van der Waals surface area contributed by atoms with Crippen LogP contribution in [0.1, 0.15) is 43.7 Å². The van der Waals surface area contributed by atoms with Crippen LogP contribution in [0, 0.1) is 0 Å². The Balaban J connectivity index is 1.36. The summed E-state index contributed by atoms with van der Waals surface area (Å²) >= 11 is 0. The summed E-state index contributed by atoms with van der Waals surface area (Å²) in [6.07, 6.45) is 3.28. The van der Waals surface area contributed by atoms with Gasteiger partial charge in [-0.3, -0.25) is 9.69 Å². The lowest BCUT2D eigenvalue weighted by Gasteiger charge is -2.42. The second kappa shape index (κ2) is 10.9. The van der Waals surface area contributed by atoms with E-state index in [9.17, 15) is 9.59 Å². The number of carbonyl (C=O) groups excluding carboxylic acids is 2. The van der Waals surface area contributed by atoms with Gasteiger partial charge in [-0.25, -0.2) is 4.79 Å². The van der Waals surface area contributed by atoms with E-state index in [2.05, 4.69) is 24.0 Å². The first-order valence-corrected chi connectivity index (χ1v) is 12.2. The quantitative estimate of drug-likeness (QED) is 0.401. The van der Waals surface area contributed by atoms with Crippen LogP contribution in [0.3, 0.4) is 0 Å². The molecule has 0 atom stereocenters. The van der Waals surface area contributed by atoms with Gasteiger partial charge >= 0.3 is 6.03 Å². The average molecular weight is 450 g/mol. The summed E-state index contributed by atoms with van der Waals surface area (Å²) in [6, 6.07) is 19.9. The van der Waals surface area contributed by atoms with Crippen molar-refractivity contribution in [1.29, 1.82) is 0 Å². The van der Waals surface area contributed by atoms with Crippen LogP contribution in [0.2, 0.25) is 0 Å². The number of benzene rings is 2. The molecule has 2 aromatic carbocycles. The molecule has 0 bridgehead atoms. The monoisotopic (exact) mass is 449 g/mol. The number of carbonyl (C=O) groups is 2. The van der Waals surface area contributed by atoms with Gasteiger partial charge in [0.05, 0.1) is 19.8 Å². The summed E-state index contributed by atoms with van der Waals surface area (Å²) in [5, 5.41) is 0. The van der Waals surface area contributed by atoms with E-state index >= 15 is 0 Å². The van der Waals surface area contributed by atoms with E-state index < -0.39 is 5.54 Å². The number of urea groups is 1. The molecule has 2 heterocycles. The minimum Gasteiger partial charge on any atom is -0.375 e. The fraction of sp³-hybridized carbons (Fsp3) is 0.481. The van der Waals surface area contributed by atoms with Crippen LogP contribution in [-0.4, -0.2) is 65.0 Å². The van der Waals surface area contributed by atoms with Crippen molar-refractivity contribution in [2.75, 3.05) is 32.8 Å². The predicted octanol–water partition coefficient (Wildman–Crippen LogP) is 4.30. The Morgan fingerprint density at radius 1 is 0.879 bits per heavy atom. The number of likely N-dealkylation sites (tertiary alicyclic amines) is 1. The van der Waals surface area contributed by atoms with Gasteiger partial charge in [0.1, 0.15) is 5.54 Å². The van der Waals surface area contributed by atoms with Crippen LogP contribution in [0.15, 0.2) is 60.7 Å². The lowest BCUT2D eigenvalue weighted by molar-refractivity contribution is -0.136. The van der Waals surface area contributed by atoms with Crippen molar-refractivity contribution in [3.8, 4) is 0 Å². The Morgan fingerprint density at radius 2 is 1.52 bits per heavy atom. The first-order valence-electron chi connectivity index (χ1n) is 12.2. The second-order valence-electron chi connectivity index (χ2n) is 9.08. The zero-order valence-electron chi connectivity index (χ0n) is 19.6. The predicted molar refractivity (Wildman–Crippen MR) is 129 cm³/mol. The van der Waals surface area contributed by atoms with Gasteiger partial charge in [-0.1, -0.05) is 74.0 Å². The Labute approximate surface area is 197 Å². The molecule has 1 spiro atoms. The van der Waals surface area contributed by atoms with E-state index in [1.54, 1.807) is 0 Å². The van der Waals surface area contributed by atoms with E-state index in [-0.39, 0.29) is 11.9 Å². The summed E-state index contributed by atoms with van der Waals surface area (Å²) in [6.45, 7) is 6.83. The summed E-state index contributed by atoms with van der Waals surface area (Å²) < 4.78 is 5.85. The number of hydrogen-bond donors (Lipinski definition) is 0. The van der Waals surface area contributed by atoms with Crippen molar-refractivity contribution < 1.29 is 14.3 Å². The maximum Gasteiger partial charge on any atom is 0.327 e. The lowest BCUT2D eigenvalue weighted by Crippen LogP contribution is -2.57. The number of ether oxygens (including phenoxy) is 1. The zero-order chi connectivity index (χ0) is 23.1. The van der Waals surface area contributed by atoms with Crippen LogP contribution in [0.25, 0.3) is 0 Å². The summed E-state index contributed by atoms with van der Waals surface area (Å²) in [5.74, 6) is -0.0209. The molecule has 176 valence electrons. The smallest absolute Gasteiger partial charge is 0.327 e. The minimum atomic E-state index is -0.692. The molecule has 0 unspecified atom stereocenters. The van der Waals surface area contributed by atoms with Crippen molar-refractivity contribution in [2.24, 2.45) is 0 Å². The highest BCUT2D eigenvalue weighted by molar-refractivity contribution is 6.07. The lowest BCUT2D eigenvalue weighted by atomic mass is 9.85. The molecule has 2 fully saturated rings. The van der Waals surface area contributed by atoms with E-state index in [1.807, 2.05) is 53.4 Å². The Bertz CT molecular complexity index is 911. The van der Waals surface area contributed by atoms with Crippen molar-refractivity contribution in [2.45, 2.75) is 51.3 Å². The largest absolute Gasteiger partial charge is 0.375 e. The first-order chi connectivity index (χ1) is 16.1. The Kier molecular flexibility index (Phi) is 7.78. The number of hydrogen-bond acceptors (Lipinski definition) is 4. The number of unbranched alkanes of at least 4 members (excludes halogenated alkanes) is 1. The zero-order valence-corrected chi connectivity index (χ0v) is 19.6. The standard InChI is InChI=1S/C27H35N3O3/c1-2-3-16-30-26(32)29(21-23-10-6-4-7-11-23)25(31)27(30)14-17-28(18-15-27)19-20-33-22-24-12-8-5-9-13-24/h4-13H,2-3,14-22H2,1H3. The second-order valence-corrected chi connectivity index (χ2v) is 9.08. The van der Waals surface area contributed by atoms with E-state index in [0.29, 0.717) is 39.1 Å². The molecule has 2 aromatic rings. The van der Waals surface area contributed by atoms with Crippen LogP contribution in [0.4, 0.5) is 4.79 Å². The maximum atomic E-state index is 13.6. The van der Waals surface area contributed by atoms with Gasteiger partial charge in [-0.05, 0) is 30.4 Å². The van der Waals surface area contributed by atoms with Crippen LogP contribution in [-0.2, 0) is 22.7 Å². The van der Waals surface area contributed by atoms with Crippen molar-refractivity contribution in [1.82, 2.24) is 14.7 Å². The number of amides is 3. The minimum absolute atomic E-state index is 0.0209. The molecular formula is C27H35N3O3. The molecule has 2 aliphatic heterocycles. The molecule has 2 aliphatic rings.